The lowest BCUT2D eigenvalue weighted by Crippen LogP contribution is -2.25. The molecule has 10 heteroatoms. The fourth-order valence-electron chi connectivity index (χ4n) is 3.12. The summed E-state index contributed by atoms with van der Waals surface area (Å²) in [7, 11) is 1.82. The molecule has 150 valence electrons. The van der Waals surface area contributed by atoms with Gasteiger partial charge < -0.3 is 9.84 Å². The third-order valence-electron chi connectivity index (χ3n) is 4.60. The predicted octanol–water partition coefficient (Wildman–Crippen LogP) is 2.91. The van der Waals surface area contributed by atoms with Crippen LogP contribution in [-0.2, 0) is 13.6 Å². The van der Waals surface area contributed by atoms with Gasteiger partial charge in [-0.05, 0) is 26.3 Å². The van der Waals surface area contributed by atoms with E-state index in [0.717, 1.165) is 17.7 Å². The molecule has 0 atom stereocenters. The highest BCUT2D eigenvalue weighted by molar-refractivity contribution is 6.31. The van der Waals surface area contributed by atoms with Gasteiger partial charge in [0.15, 0.2) is 0 Å². The molecule has 4 heterocycles. The number of halogens is 1. The number of nitrogens with one attached hydrogen (secondary N) is 1. The van der Waals surface area contributed by atoms with Crippen molar-refractivity contribution in [3.63, 3.8) is 0 Å². The molecule has 0 bridgehead atoms. The highest BCUT2D eigenvalue weighted by Gasteiger charge is 2.19. The third kappa shape index (κ3) is 3.86. The second-order valence-electron chi connectivity index (χ2n) is 6.84. The molecular formula is C19H20ClN7O2. The molecule has 0 unspecified atom stereocenters. The van der Waals surface area contributed by atoms with Crippen molar-refractivity contribution in [1.29, 1.82) is 0 Å². The molecule has 4 aromatic heterocycles. The van der Waals surface area contributed by atoms with Crippen LogP contribution < -0.4 is 5.32 Å². The van der Waals surface area contributed by atoms with E-state index in [9.17, 15) is 4.79 Å². The Labute approximate surface area is 171 Å². The van der Waals surface area contributed by atoms with E-state index in [-0.39, 0.29) is 5.91 Å². The second kappa shape index (κ2) is 7.67. The summed E-state index contributed by atoms with van der Waals surface area (Å²) in [6, 6.07) is 1.75. The number of hydrogen-bond acceptors (Lipinski definition) is 6. The van der Waals surface area contributed by atoms with Gasteiger partial charge in [0.2, 0.25) is 0 Å². The maximum atomic E-state index is 12.9. The number of nitrogens with zero attached hydrogens (tertiary/aromatic N) is 6. The first-order chi connectivity index (χ1) is 13.9. The van der Waals surface area contributed by atoms with E-state index in [1.165, 1.54) is 0 Å². The van der Waals surface area contributed by atoms with Crippen molar-refractivity contribution in [3.8, 4) is 11.3 Å². The molecule has 4 rings (SSSR count). The molecule has 0 aromatic carbocycles. The molecule has 0 radical (unpaired) electrons. The normalized spacial score (nSPS) is 11.3. The summed E-state index contributed by atoms with van der Waals surface area (Å²) in [5, 5.41) is 16.6. The minimum absolute atomic E-state index is 0.205. The van der Waals surface area contributed by atoms with Gasteiger partial charge in [-0.25, -0.2) is 4.98 Å². The van der Waals surface area contributed by atoms with Crippen LogP contribution in [0.15, 0.2) is 29.2 Å². The number of carbonyl (C=O) groups excluding carboxylic acids is 1. The van der Waals surface area contributed by atoms with Crippen molar-refractivity contribution in [1.82, 2.24) is 35.0 Å². The Kier molecular flexibility index (Phi) is 5.06. The Morgan fingerprint density at radius 1 is 1.28 bits per heavy atom. The standard InChI is InChI=1S/C19H20ClN7O2/c1-11-15(20)10-27(24-11)6-4-5-21-18(28)14-7-16(13-8-22-26(3)9-13)23-19-17(14)12(2)25-29-19/h7-10H,4-6H2,1-3H3,(H,21,28). The van der Waals surface area contributed by atoms with Crippen molar-refractivity contribution >= 4 is 28.6 Å². The van der Waals surface area contributed by atoms with E-state index in [4.69, 9.17) is 16.1 Å². The first-order valence-corrected chi connectivity index (χ1v) is 9.54. The maximum Gasteiger partial charge on any atom is 0.259 e. The summed E-state index contributed by atoms with van der Waals surface area (Å²) in [5.41, 5.74) is 3.62. The molecule has 29 heavy (non-hydrogen) atoms. The highest BCUT2D eigenvalue weighted by atomic mass is 35.5. The van der Waals surface area contributed by atoms with Crippen LogP contribution in [0.1, 0.15) is 28.2 Å². The van der Waals surface area contributed by atoms with Crippen molar-refractivity contribution < 1.29 is 9.32 Å². The molecule has 9 nitrogen and oxygen atoms in total. The van der Waals surface area contributed by atoms with Gasteiger partial charge in [-0.15, -0.1) is 0 Å². The summed E-state index contributed by atoms with van der Waals surface area (Å²) >= 11 is 6.02. The van der Waals surface area contributed by atoms with Crippen LogP contribution in [-0.4, -0.2) is 42.2 Å². The predicted molar refractivity (Wildman–Crippen MR) is 108 cm³/mol. The van der Waals surface area contributed by atoms with E-state index in [1.54, 1.807) is 34.7 Å². The fourth-order valence-corrected chi connectivity index (χ4v) is 3.27. The van der Waals surface area contributed by atoms with Crippen LogP contribution in [0.4, 0.5) is 0 Å². The molecular weight excluding hydrogens is 394 g/mol. The van der Waals surface area contributed by atoms with Gasteiger partial charge in [0.1, 0.15) is 0 Å². The average Bonchev–Trinajstić information content (AvgIpc) is 3.38. The number of fused-ring (bicyclic) bond motifs is 1. The van der Waals surface area contributed by atoms with Gasteiger partial charge in [-0.3, -0.25) is 14.2 Å². The van der Waals surface area contributed by atoms with Gasteiger partial charge in [0, 0.05) is 38.1 Å². The van der Waals surface area contributed by atoms with Crippen LogP contribution in [0, 0.1) is 13.8 Å². The van der Waals surface area contributed by atoms with Crippen LogP contribution >= 0.6 is 11.6 Å². The molecule has 1 amide bonds. The van der Waals surface area contributed by atoms with Crippen molar-refractivity contribution in [2.24, 2.45) is 7.05 Å². The minimum Gasteiger partial charge on any atom is -0.352 e. The highest BCUT2D eigenvalue weighted by Crippen LogP contribution is 2.26. The Morgan fingerprint density at radius 2 is 2.10 bits per heavy atom. The van der Waals surface area contributed by atoms with Crippen molar-refractivity contribution in [3.05, 3.63) is 46.6 Å². The summed E-state index contributed by atoms with van der Waals surface area (Å²) in [6.07, 6.45) is 6.02. The smallest absolute Gasteiger partial charge is 0.259 e. The summed E-state index contributed by atoms with van der Waals surface area (Å²) < 4.78 is 8.77. The van der Waals surface area contributed by atoms with Gasteiger partial charge in [-0.1, -0.05) is 16.8 Å². The van der Waals surface area contributed by atoms with Crippen LogP contribution in [0.5, 0.6) is 0 Å². The van der Waals surface area contributed by atoms with E-state index >= 15 is 0 Å². The van der Waals surface area contributed by atoms with E-state index in [0.29, 0.717) is 46.2 Å². The van der Waals surface area contributed by atoms with Crippen molar-refractivity contribution in [2.45, 2.75) is 26.8 Å². The topological polar surface area (TPSA) is 104 Å². The first-order valence-electron chi connectivity index (χ1n) is 9.16. The minimum atomic E-state index is -0.205. The van der Waals surface area contributed by atoms with Crippen molar-refractivity contribution in [2.75, 3.05) is 6.54 Å². The number of carbonyl (C=O) groups is 1. The first kappa shape index (κ1) is 19.1. The van der Waals surface area contributed by atoms with Crippen LogP contribution in [0.3, 0.4) is 0 Å². The third-order valence-corrected chi connectivity index (χ3v) is 4.97. The molecule has 4 aromatic rings. The summed E-state index contributed by atoms with van der Waals surface area (Å²) in [5.74, 6) is -0.205. The zero-order valence-corrected chi connectivity index (χ0v) is 17.1. The average molecular weight is 414 g/mol. The van der Waals surface area contributed by atoms with Gasteiger partial charge in [0.25, 0.3) is 11.6 Å². The van der Waals surface area contributed by atoms with Crippen LogP contribution in [0.2, 0.25) is 5.02 Å². The number of aryl methyl sites for hydroxylation is 4. The molecule has 0 aliphatic heterocycles. The zero-order chi connectivity index (χ0) is 20.5. The van der Waals surface area contributed by atoms with Gasteiger partial charge >= 0.3 is 0 Å². The van der Waals surface area contributed by atoms with Gasteiger partial charge in [0.05, 0.1) is 39.3 Å². The van der Waals surface area contributed by atoms with E-state index in [2.05, 4.69) is 25.7 Å². The van der Waals surface area contributed by atoms with Gasteiger partial charge in [-0.2, -0.15) is 10.2 Å². The second-order valence-corrected chi connectivity index (χ2v) is 7.25. The Hall–Kier alpha value is -3.20. The Balaban J connectivity index is 1.52. The zero-order valence-electron chi connectivity index (χ0n) is 16.3. The Bertz CT molecular complexity index is 1170. The molecule has 0 spiro atoms. The maximum absolute atomic E-state index is 12.9. The Morgan fingerprint density at radius 3 is 2.79 bits per heavy atom. The molecule has 0 aliphatic carbocycles. The summed E-state index contributed by atoms with van der Waals surface area (Å²) in [4.78, 5) is 17.4. The summed E-state index contributed by atoms with van der Waals surface area (Å²) in [6.45, 7) is 4.80. The van der Waals surface area contributed by atoms with E-state index in [1.807, 2.05) is 20.2 Å². The van der Waals surface area contributed by atoms with Crippen LogP contribution in [0.25, 0.3) is 22.4 Å². The molecule has 0 saturated carbocycles. The number of amides is 1. The lowest BCUT2D eigenvalue weighted by Gasteiger charge is -2.08. The lowest BCUT2D eigenvalue weighted by atomic mass is 10.1. The lowest BCUT2D eigenvalue weighted by molar-refractivity contribution is 0.0954. The molecule has 0 fully saturated rings. The fraction of sp³-hybridized carbons (Fsp3) is 0.316. The van der Waals surface area contributed by atoms with E-state index < -0.39 is 0 Å². The SMILES string of the molecule is Cc1nn(CCCNC(=O)c2cc(-c3cnn(C)c3)nc3onc(C)c23)cc1Cl. The molecule has 0 aliphatic rings. The largest absolute Gasteiger partial charge is 0.352 e. The number of pyridine rings is 1. The molecule has 1 N–H and O–H groups in total. The number of aromatic nitrogens is 6. The number of rotatable bonds is 6. The monoisotopic (exact) mass is 413 g/mol. The number of hydrogen-bond donors (Lipinski definition) is 1. The quantitative estimate of drug-likeness (QED) is 0.487. The molecule has 0 saturated heterocycles.